The van der Waals surface area contributed by atoms with Gasteiger partial charge in [-0.05, 0) is 51.0 Å². The summed E-state index contributed by atoms with van der Waals surface area (Å²) in [5, 5.41) is 18.9. The van der Waals surface area contributed by atoms with Gasteiger partial charge in [-0.3, -0.25) is 4.68 Å². The minimum atomic E-state index is -0.269. The van der Waals surface area contributed by atoms with E-state index < -0.39 is 0 Å². The fraction of sp³-hybridized carbons (Fsp3) is 0.412. The SMILES string of the molecule is Cc1cc(C)n(Cc2cccc(NC(=O)N[C@H](C)CCO)c2)n1. The van der Waals surface area contributed by atoms with Gasteiger partial charge in [-0.2, -0.15) is 5.10 Å². The van der Waals surface area contributed by atoms with Crippen LogP contribution < -0.4 is 10.6 Å². The maximum absolute atomic E-state index is 11.9. The van der Waals surface area contributed by atoms with Gasteiger partial charge in [-0.15, -0.1) is 0 Å². The highest BCUT2D eigenvalue weighted by Crippen LogP contribution is 2.13. The van der Waals surface area contributed by atoms with Crippen LogP contribution >= 0.6 is 0 Å². The number of hydrogen-bond acceptors (Lipinski definition) is 3. The summed E-state index contributed by atoms with van der Waals surface area (Å²) in [7, 11) is 0. The van der Waals surface area contributed by atoms with Gasteiger partial charge in [0.15, 0.2) is 0 Å². The summed E-state index contributed by atoms with van der Waals surface area (Å²) in [6.07, 6.45) is 0.533. The first-order chi connectivity index (χ1) is 11.0. The van der Waals surface area contributed by atoms with Crippen molar-refractivity contribution in [2.24, 2.45) is 0 Å². The summed E-state index contributed by atoms with van der Waals surface area (Å²) in [6, 6.07) is 9.40. The number of aliphatic hydroxyl groups excluding tert-OH is 1. The molecule has 1 aromatic heterocycles. The predicted octanol–water partition coefficient (Wildman–Crippen LogP) is 2.44. The lowest BCUT2D eigenvalue weighted by Gasteiger charge is -2.14. The van der Waals surface area contributed by atoms with Crippen LogP contribution in [-0.4, -0.2) is 33.6 Å². The second kappa shape index (κ2) is 7.78. The summed E-state index contributed by atoms with van der Waals surface area (Å²) >= 11 is 0. The largest absolute Gasteiger partial charge is 0.396 e. The first-order valence-electron chi connectivity index (χ1n) is 7.76. The second-order valence-corrected chi connectivity index (χ2v) is 5.80. The highest BCUT2D eigenvalue weighted by molar-refractivity contribution is 5.89. The average Bonchev–Trinajstić information content (AvgIpc) is 2.77. The topological polar surface area (TPSA) is 79.2 Å². The Labute approximate surface area is 136 Å². The van der Waals surface area contributed by atoms with Gasteiger partial charge in [0.1, 0.15) is 0 Å². The van der Waals surface area contributed by atoms with Gasteiger partial charge in [0, 0.05) is 24.0 Å². The molecule has 1 heterocycles. The molecule has 0 saturated carbocycles. The first kappa shape index (κ1) is 17.0. The molecule has 124 valence electrons. The Kier molecular flexibility index (Phi) is 5.76. The smallest absolute Gasteiger partial charge is 0.319 e. The zero-order valence-corrected chi connectivity index (χ0v) is 13.8. The van der Waals surface area contributed by atoms with E-state index in [1.165, 1.54) is 0 Å². The summed E-state index contributed by atoms with van der Waals surface area (Å²) < 4.78 is 1.94. The number of nitrogens with zero attached hydrogens (tertiary/aromatic N) is 2. The molecule has 0 saturated heterocycles. The van der Waals surface area contributed by atoms with E-state index >= 15 is 0 Å². The molecular weight excluding hydrogens is 292 g/mol. The number of aromatic nitrogens is 2. The van der Waals surface area contributed by atoms with Crippen LogP contribution in [0.15, 0.2) is 30.3 Å². The standard InChI is InChI=1S/C17H24N4O2/c1-12(7-8-22)18-17(23)19-16-6-4-5-15(10-16)11-21-14(3)9-13(2)20-21/h4-6,9-10,12,22H,7-8,11H2,1-3H3,(H2,18,19,23)/t12-/m1/s1. The van der Waals surface area contributed by atoms with Crippen LogP contribution in [0.2, 0.25) is 0 Å². The Morgan fingerprint density at radius 2 is 2.13 bits per heavy atom. The zero-order chi connectivity index (χ0) is 16.8. The van der Waals surface area contributed by atoms with Crippen molar-refractivity contribution in [3.05, 3.63) is 47.3 Å². The van der Waals surface area contributed by atoms with Gasteiger partial charge < -0.3 is 15.7 Å². The first-order valence-corrected chi connectivity index (χ1v) is 7.76. The molecule has 2 amide bonds. The summed E-state index contributed by atoms with van der Waals surface area (Å²) in [6.45, 7) is 6.57. The number of aryl methyl sites for hydroxylation is 2. The third-order valence-corrected chi connectivity index (χ3v) is 3.56. The van der Waals surface area contributed by atoms with Crippen LogP contribution in [0.25, 0.3) is 0 Å². The van der Waals surface area contributed by atoms with Crippen molar-refractivity contribution >= 4 is 11.7 Å². The van der Waals surface area contributed by atoms with Crippen molar-refractivity contribution in [1.82, 2.24) is 15.1 Å². The van der Waals surface area contributed by atoms with Crippen LogP contribution in [0, 0.1) is 13.8 Å². The van der Waals surface area contributed by atoms with Crippen molar-refractivity contribution in [1.29, 1.82) is 0 Å². The fourth-order valence-electron chi connectivity index (χ4n) is 2.41. The van der Waals surface area contributed by atoms with E-state index in [0.29, 0.717) is 13.0 Å². The minimum Gasteiger partial charge on any atom is -0.396 e. The monoisotopic (exact) mass is 316 g/mol. The number of hydrogen-bond donors (Lipinski definition) is 3. The molecule has 2 aromatic rings. The number of rotatable bonds is 6. The molecule has 3 N–H and O–H groups in total. The van der Waals surface area contributed by atoms with Gasteiger partial charge in [-0.25, -0.2) is 4.79 Å². The zero-order valence-electron chi connectivity index (χ0n) is 13.8. The average molecular weight is 316 g/mol. The summed E-state index contributed by atoms with van der Waals surface area (Å²) in [5.74, 6) is 0. The normalized spacial score (nSPS) is 12.0. The molecule has 0 aliphatic heterocycles. The minimum absolute atomic E-state index is 0.0551. The Hall–Kier alpha value is -2.34. The molecule has 1 aromatic carbocycles. The Balaban J connectivity index is 1.99. The fourth-order valence-corrected chi connectivity index (χ4v) is 2.41. The maximum atomic E-state index is 11.9. The number of anilines is 1. The van der Waals surface area contributed by atoms with Crippen LogP contribution in [0.4, 0.5) is 10.5 Å². The molecule has 0 fully saturated rings. The predicted molar refractivity (Wildman–Crippen MR) is 90.6 cm³/mol. The van der Waals surface area contributed by atoms with E-state index in [0.717, 1.165) is 22.6 Å². The van der Waals surface area contributed by atoms with Crippen molar-refractivity contribution < 1.29 is 9.90 Å². The number of amides is 2. The number of carbonyl (C=O) groups excluding carboxylic acids is 1. The molecule has 6 heteroatoms. The Morgan fingerprint density at radius 3 is 2.78 bits per heavy atom. The van der Waals surface area contributed by atoms with E-state index in [9.17, 15) is 4.79 Å². The Bertz CT molecular complexity index is 666. The molecular formula is C17H24N4O2. The van der Waals surface area contributed by atoms with Crippen molar-refractivity contribution in [3.8, 4) is 0 Å². The Morgan fingerprint density at radius 1 is 1.35 bits per heavy atom. The van der Waals surface area contributed by atoms with Gasteiger partial charge in [0.25, 0.3) is 0 Å². The molecule has 0 radical (unpaired) electrons. The summed E-state index contributed by atoms with van der Waals surface area (Å²) in [4.78, 5) is 11.9. The van der Waals surface area contributed by atoms with E-state index in [2.05, 4.69) is 15.7 Å². The number of urea groups is 1. The molecule has 0 bridgehead atoms. The van der Waals surface area contributed by atoms with Crippen LogP contribution in [0.1, 0.15) is 30.3 Å². The van der Waals surface area contributed by atoms with Crippen molar-refractivity contribution in [3.63, 3.8) is 0 Å². The van der Waals surface area contributed by atoms with Crippen LogP contribution in [-0.2, 0) is 6.54 Å². The van der Waals surface area contributed by atoms with Gasteiger partial charge in [-0.1, -0.05) is 12.1 Å². The lowest BCUT2D eigenvalue weighted by molar-refractivity contribution is 0.241. The van der Waals surface area contributed by atoms with Crippen molar-refractivity contribution in [2.45, 2.75) is 39.8 Å². The van der Waals surface area contributed by atoms with E-state index in [1.807, 2.05) is 55.8 Å². The second-order valence-electron chi connectivity index (χ2n) is 5.80. The number of benzene rings is 1. The highest BCUT2D eigenvalue weighted by Gasteiger charge is 2.08. The van der Waals surface area contributed by atoms with Gasteiger partial charge in [0.05, 0.1) is 12.2 Å². The van der Waals surface area contributed by atoms with Crippen LogP contribution in [0.3, 0.4) is 0 Å². The van der Waals surface area contributed by atoms with E-state index in [4.69, 9.17) is 5.11 Å². The van der Waals surface area contributed by atoms with E-state index in [1.54, 1.807) is 0 Å². The lowest BCUT2D eigenvalue weighted by atomic mass is 10.2. The lowest BCUT2D eigenvalue weighted by Crippen LogP contribution is -2.36. The molecule has 2 rings (SSSR count). The van der Waals surface area contributed by atoms with Gasteiger partial charge >= 0.3 is 6.03 Å². The maximum Gasteiger partial charge on any atom is 0.319 e. The number of carbonyl (C=O) groups is 1. The molecule has 0 aliphatic carbocycles. The third kappa shape index (κ3) is 5.10. The molecule has 0 aliphatic rings. The number of nitrogens with one attached hydrogen (secondary N) is 2. The number of aliphatic hydroxyl groups is 1. The third-order valence-electron chi connectivity index (χ3n) is 3.56. The highest BCUT2D eigenvalue weighted by atomic mass is 16.3. The molecule has 0 spiro atoms. The molecule has 1 atom stereocenters. The molecule has 0 unspecified atom stereocenters. The summed E-state index contributed by atoms with van der Waals surface area (Å²) in [5.41, 5.74) is 3.90. The van der Waals surface area contributed by atoms with Gasteiger partial charge in [0.2, 0.25) is 0 Å². The van der Waals surface area contributed by atoms with E-state index in [-0.39, 0.29) is 18.7 Å². The molecule has 6 nitrogen and oxygen atoms in total. The van der Waals surface area contributed by atoms with Crippen molar-refractivity contribution in [2.75, 3.05) is 11.9 Å². The molecule has 23 heavy (non-hydrogen) atoms. The quantitative estimate of drug-likeness (QED) is 0.766. The van der Waals surface area contributed by atoms with Crippen LogP contribution in [0.5, 0.6) is 0 Å².